The maximum Gasteiger partial charge on any atom is 0.408 e. The number of benzene rings is 2. The molecule has 166 valence electrons. The number of allylic oxidation sites excluding steroid dienone is 1. The molecule has 32 heavy (non-hydrogen) atoms. The summed E-state index contributed by atoms with van der Waals surface area (Å²) in [4.78, 5) is 0. The lowest BCUT2D eigenvalue weighted by molar-refractivity contribution is -0.670. The van der Waals surface area contributed by atoms with E-state index >= 15 is 0 Å². The van der Waals surface area contributed by atoms with Gasteiger partial charge in [-0.25, -0.2) is 13.0 Å². The van der Waals surface area contributed by atoms with Gasteiger partial charge in [0.2, 0.25) is 10.4 Å². The molecule has 0 aliphatic carbocycles. The van der Waals surface area contributed by atoms with E-state index in [0.717, 1.165) is 46.6 Å². The Morgan fingerprint density at radius 3 is 2.47 bits per heavy atom. The van der Waals surface area contributed by atoms with Crippen molar-refractivity contribution in [3.8, 4) is 11.3 Å². The number of hydrogen-bond acceptors (Lipinski definition) is 7. The minimum Gasteiger partial charge on any atom is -0.726 e. The van der Waals surface area contributed by atoms with Gasteiger partial charge in [0.15, 0.2) is 0 Å². The molecule has 0 saturated carbocycles. The van der Waals surface area contributed by atoms with Crippen LogP contribution in [0.1, 0.15) is 0 Å². The van der Waals surface area contributed by atoms with Gasteiger partial charge in [0, 0.05) is 23.4 Å². The minimum absolute atomic E-state index is 0.721. The van der Waals surface area contributed by atoms with Crippen LogP contribution in [0.25, 0.3) is 22.2 Å². The van der Waals surface area contributed by atoms with Crippen molar-refractivity contribution in [3.63, 3.8) is 0 Å². The van der Waals surface area contributed by atoms with Crippen molar-refractivity contribution in [3.05, 3.63) is 78.8 Å². The van der Waals surface area contributed by atoms with E-state index in [4.69, 9.17) is 0 Å². The normalized spacial score (nSPS) is 11.5. The van der Waals surface area contributed by atoms with E-state index < -0.39 is 10.4 Å². The third-order valence-electron chi connectivity index (χ3n) is 4.55. The summed E-state index contributed by atoms with van der Waals surface area (Å²) in [5, 5.41) is 13.2. The predicted molar refractivity (Wildman–Crippen MR) is 124 cm³/mol. The molecule has 0 N–H and O–H groups in total. The topological polar surface area (TPSA) is 100.0 Å². The Balaban J connectivity index is 0.000000427. The quantitative estimate of drug-likeness (QED) is 0.132. The molecule has 4 rings (SSSR count). The Hall–Kier alpha value is -3.18. The van der Waals surface area contributed by atoms with Gasteiger partial charge in [-0.1, -0.05) is 61.2 Å². The van der Waals surface area contributed by atoms with Gasteiger partial charge >= 0.3 is 5.13 Å². The van der Waals surface area contributed by atoms with Gasteiger partial charge in [-0.05, 0) is 22.5 Å². The maximum absolute atomic E-state index is 9.22. The van der Waals surface area contributed by atoms with Crippen molar-refractivity contribution < 1.29 is 21.7 Å². The van der Waals surface area contributed by atoms with Gasteiger partial charge in [-0.2, -0.15) is 0 Å². The maximum atomic E-state index is 9.22. The molecule has 0 fully saturated rings. The Morgan fingerprint density at radius 2 is 1.81 bits per heavy atom. The Morgan fingerprint density at radius 1 is 1.16 bits per heavy atom. The minimum atomic E-state index is -4.41. The molecular weight excluding hydrogens is 448 g/mol. The molecule has 0 saturated heterocycles. The fourth-order valence-corrected chi connectivity index (χ4v) is 3.84. The molecule has 0 radical (unpaired) electrons. The number of fused-ring (bicyclic) bond motifs is 1. The van der Waals surface area contributed by atoms with Crippen LogP contribution in [0, 0.1) is 0 Å². The van der Waals surface area contributed by atoms with E-state index in [1.807, 2.05) is 46.5 Å². The second-order valence-corrected chi connectivity index (χ2v) is 8.56. The first-order valence-electron chi connectivity index (χ1n) is 9.49. The third-order valence-corrected chi connectivity index (χ3v) is 5.75. The summed E-state index contributed by atoms with van der Waals surface area (Å²) in [6, 6.07) is 18.6. The van der Waals surface area contributed by atoms with Gasteiger partial charge in [0.1, 0.15) is 18.4 Å². The third kappa shape index (κ3) is 5.54. The highest BCUT2D eigenvalue weighted by molar-refractivity contribution is 7.80. The lowest BCUT2D eigenvalue weighted by Gasteiger charge is -2.04. The van der Waals surface area contributed by atoms with Crippen LogP contribution in [0.3, 0.4) is 0 Å². The van der Waals surface area contributed by atoms with Crippen molar-refractivity contribution >= 4 is 43.5 Å². The number of rotatable bonds is 6. The number of thiazole rings is 1. The number of para-hydroxylation sites is 1. The molecule has 0 amide bonds. The van der Waals surface area contributed by atoms with Crippen LogP contribution in [0.5, 0.6) is 0 Å². The van der Waals surface area contributed by atoms with Gasteiger partial charge < -0.3 is 9.12 Å². The van der Waals surface area contributed by atoms with Crippen molar-refractivity contribution in [2.45, 2.75) is 6.54 Å². The predicted octanol–water partition coefficient (Wildman–Crippen LogP) is 4.89. The standard InChI is InChI=1S/C21H19N4S.CH4O4S/c1-3-13-25-14-15-26-21(25)23-22-19-17-11-7-8-12-18(17)24(2)20(19)16-9-5-4-6-10-16;1-5-6(2,3)4/h3-12,14-15H,1,13H2,2H3;1H3,(H,2,3,4)/q+1;/p-1. The van der Waals surface area contributed by atoms with E-state index in [-0.39, 0.29) is 0 Å². The van der Waals surface area contributed by atoms with Crippen molar-refractivity contribution in [2.24, 2.45) is 17.3 Å². The number of aromatic nitrogens is 2. The summed E-state index contributed by atoms with van der Waals surface area (Å²) in [5.74, 6) is 0. The van der Waals surface area contributed by atoms with Crippen LogP contribution in [-0.2, 0) is 28.2 Å². The monoisotopic (exact) mass is 470 g/mol. The summed E-state index contributed by atoms with van der Waals surface area (Å²) < 4.78 is 35.2. The summed E-state index contributed by atoms with van der Waals surface area (Å²) in [6.07, 6.45) is 3.86. The van der Waals surface area contributed by atoms with Crippen LogP contribution >= 0.6 is 11.3 Å². The number of azo groups is 1. The molecule has 8 nitrogen and oxygen atoms in total. The van der Waals surface area contributed by atoms with Crippen molar-refractivity contribution in [1.82, 2.24) is 4.57 Å². The average Bonchev–Trinajstić information content (AvgIpc) is 3.35. The van der Waals surface area contributed by atoms with E-state index in [9.17, 15) is 13.0 Å². The van der Waals surface area contributed by atoms with Crippen LogP contribution in [0.4, 0.5) is 10.8 Å². The van der Waals surface area contributed by atoms with Crippen LogP contribution < -0.4 is 4.57 Å². The Bertz CT molecular complexity index is 1340. The highest BCUT2D eigenvalue weighted by Crippen LogP contribution is 2.40. The molecule has 0 bridgehead atoms. The zero-order chi connectivity index (χ0) is 23.1. The van der Waals surface area contributed by atoms with E-state index in [2.05, 4.69) is 62.9 Å². The highest BCUT2D eigenvalue weighted by atomic mass is 32.3. The Kier molecular flexibility index (Phi) is 7.65. The summed E-state index contributed by atoms with van der Waals surface area (Å²) in [5.41, 5.74) is 4.24. The molecule has 10 heteroatoms. The summed E-state index contributed by atoms with van der Waals surface area (Å²) in [6.45, 7) is 4.52. The molecule has 4 aromatic rings. The summed E-state index contributed by atoms with van der Waals surface area (Å²) in [7, 11) is -1.53. The van der Waals surface area contributed by atoms with Crippen LogP contribution in [-0.4, -0.2) is 24.6 Å². The molecule has 0 unspecified atom stereocenters. The largest absolute Gasteiger partial charge is 0.726 e. The molecule has 2 heterocycles. The first kappa shape index (κ1) is 23.5. The first-order valence-corrected chi connectivity index (χ1v) is 11.7. The molecular formula is C22H22N4O4S2. The van der Waals surface area contributed by atoms with Gasteiger partial charge in [0.25, 0.3) is 0 Å². The van der Waals surface area contributed by atoms with Crippen molar-refractivity contribution in [2.75, 3.05) is 7.11 Å². The zero-order valence-corrected chi connectivity index (χ0v) is 19.2. The second-order valence-electron chi connectivity index (χ2n) is 6.54. The smallest absolute Gasteiger partial charge is 0.408 e. The van der Waals surface area contributed by atoms with Crippen molar-refractivity contribution in [1.29, 1.82) is 0 Å². The molecule has 0 atom stereocenters. The van der Waals surface area contributed by atoms with E-state index in [1.165, 1.54) is 0 Å². The van der Waals surface area contributed by atoms with Gasteiger partial charge in [-0.3, -0.25) is 4.18 Å². The molecule has 0 spiro atoms. The fraction of sp³-hybridized carbons (Fsp3) is 0.136. The van der Waals surface area contributed by atoms with Gasteiger partial charge in [-0.15, -0.1) is 0 Å². The van der Waals surface area contributed by atoms with Crippen LogP contribution in [0.2, 0.25) is 0 Å². The molecule has 0 aliphatic rings. The molecule has 2 aromatic heterocycles. The highest BCUT2D eigenvalue weighted by Gasteiger charge is 2.19. The molecule has 0 aliphatic heterocycles. The fourth-order valence-electron chi connectivity index (χ4n) is 3.15. The van der Waals surface area contributed by atoms with Crippen LogP contribution in [0.15, 0.2) is 89.1 Å². The lowest BCUT2D eigenvalue weighted by atomic mass is 10.1. The first-order chi connectivity index (χ1) is 15.4. The second kappa shape index (κ2) is 10.4. The van der Waals surface area contributed by atoms with Gasteiger partial charge in [0.05, 0.1) is 23.4 Å². The Labute approximate surface area is 190 Å². The zero-order valence-electron chi connectivity index (χ0n) is 17.6. The van der Waals surface area contributed by atoms with E-state index in [1.54, 1.807) is 11.3 Å². The number of nitrogens with zero attached hydrogens (tertiary/aromatic N) is 4. The number of hydrogen-bond donors (Lipinski definition) is 0. The lowest BCUT2D eigenvalue weighted by Crippen LogP contribution is -2.29. The SMILES string of the molecule is C=CC[n+]1ccsc1N=Nc1c(-c2ccccc2)n(C)c2ccccc12.COS(=O)(=O)[O-]. The average molecular weight is 471 g/mol. The number of aryl methyl sites for hydroxylation is 1. The van der Waals surface area contributed by atoms with E-state index in [0.29, 0.717) is 0 Å². The molecule has 2 aromatic carbocycles. The summed E-state index contributed by atoms with van der Waals surface area (Å²) >= 11 is 1.57.